The van der Waals surface area contributed by atoms with E-state index in [1.54, 1.807) is 0 Å². The van der Waals surface area contributed by atoms with Crippen molar-refractivity contribution in [2.45, 2.75) is 65.9 Å². The molecule has 3 fully saturated rings. The smallest absolute Gasteiger partial charge is 0.0610 e. The molecule has 0 radical (unpaired) electrons. The minimum atomic E-state index is 0.497. The first kappa shape index (κ1) is 12.0. The Morgan fingerprint density at radius 1 is 1.00 bits per heavy atom. The van der Waals surface area contributed by atoms with Crippen molar-refractivity contribution < 1.29 is 4.74 Å². The molecular formula is C16H28O. The largest absolute Gasteiger partial charge is 0.381 e. The second-order valence-electron chi connectivity index (χ2n) is 8.09. The zero-order valence-electron chi connectivity index (χ0n) is 12.2. The Morgan fingerprint density at radius 3 is 2.35 bits per heavy atom. The molecule has 0 N–H and O–H groups in total. The molecule has 0 aromatic rings. The van der Waals surface area contributed by atoms with Gasteiger partial charge < -0.3 is 4.74 Å². The maximum Gasteiger partial charge on any atom is 0.0610 e. The number of methoxy groups -OCH3 is 1. The molecule has 0 aliphatic heterocycles. The first-order valence-electron chi connectivity index (χ1n) is 7.38. The van der Waals surface area contributed by atoms with Crippen LogP contribution in [0, 0.1) is 28.1 Å². The molecule has 0 saturated heterocycles. The first-order valence-corrected chi connectivity index (χ1v) is 7.38. The molecule has 3 saturated carbocycles. The third kappa shape index (κ3) is 1.25. The summed E-state index contributed by atoms with van der Waals surface area (Å²) < 4.78 is 5.88. The molecule has 17 heavy (non-hydrogen) atoms. The third-order valence-corrected chi connectivity index (χ3v) is 7.07. The van der Waals surface area contributed by atoms with Gasteiger partial charge in [0, 0.05) is 7.11 Å². The molecule has 3 aliphatic rings. The Balaban J connectivity index is 2.08. The van der Waals surface area contributed by atoms with Gasteiger partial charge in [-0.3, -0.25) is 0 Å². The summed E-state index contributed by atoms with van der Waals surface area (Å²) in [6, 6.07) is 0. The molecule has 0 aromatic heterocycles. The fourth-order valence-corrected chi connectivity index (χ4v) is 6.00. The third-order valence-electron chi connectivity index (χ3n) is 7.07. The van der Waals surface area contributed by atoms with Crippen LogP contribution in [0.2, 0.25) is 0 Å². The lowest BCUT2D eigenvalue weighted by Crippen LogP contribution is -2.54. The predicted octanol–water partition coefficient (Wildman–Crippen LogP) is 4.26. The number of fused-ring (bicyclic) bond motifs is 1. The van der Waals surface area contributed by atoms with E-state index in [4.69, 9.17) is 4.74 Å². The molecule has 0 heterocycles. The summed E-state index contributed by atoms with van der Waals surface area (Å²) in [5, 5.41) is 0. The fraction of sp³-hybridized carbons (Fsp3) is 1.00. The van der Waals surface area contributed by atoms with Gasteiger partial charge in [0.15, 0.2) is 0 Å². The average Bonchev–Trinajstić information content (AvgIpc) is 2.76. The second-order valence-corrected chi connectivity index (χ2v) is 8.09. The number of hydrogen-bond donors (Lipinski definition) is 0. The number of hydrogen-bond acceptors (Lipinski definition) is 1. The van der Waals surface area contributed by atoms with Gasteiger partial charge in [-0.25, -0.2) is 0 Å². The molecular weight excluding hydrogens is 208 g/mol. The van der Waals surface area contributed by atoms with Crippen LogP contribution in [0.3, 0.4) is 0 Å². The van der Waals surface area contributed by atoms with Crippen molar-refractivity contribution >= 4 is 0 Å². The van der Waals surface area contributed by atoms with E-state index in [-0.39, 0.29) is 0 Å². The standard InChI is InChI=1S/C16H28O/c1-14(2)8-7-12(17-5)13-15(3,4)11-6-9-16(13,14)10-11/h11-13H,6-10H2,1-5H3. The summed E-state index contributed by atoms with van der Waals surface area (Å²) >= 11 is 0. The van der Waals surface area contributed by atoms with Crippen LogP contribution in [0.5, 0.6) is 0 Å². The van der Waals surface area contributed by atoms with Crippen LogP contribution >= 0.6 is 0 Å². The first-order chi connectivity index (χ1) is 7.85. The highest BCUT2D eigenvalue weighted by Crippen LogP contribution is 2.75. The second kappa shape index (κ2) is 3.29. The molecule has 1 spiro atoms. The molecule has 0 amide bonds. The van der Waals surface area contributed by atoms with Gasteiger partial charge in [-0.1, -0.05) is 27.7 Å². The lowest BCUT2D eigenvalue weighted by molar-refractivity contribution is -0.144. The van der Waals surface area contributed by atoms with Crippen LogP contribution in [-0.4, -0.2) is 13.2 Å². The maximum absolute atomic E-state index is 5.88. The highest BCUT2D eigenvalue weighted by molar-refractivity contribution is 5.18. The summed E-state index contributed by atoms with van der Waals surface area (Å²) in [4.78, 5) is 0. The van der Waals surface area contributed by atoms with Crippen molar-refractivity contribution in [3.63, 3.8) is 0 Å². The molecule has 2 bridgehead atoms. The van der Waals surface area contributed by atoms with E-state index in [0.717, 1.165) is 11.8 Å². The highest BCUT2D eigenvalue weighted by atomic mass is 16.5. The van der Waals surface area contributed by atoms with E-state index in [9.17, 15) is 0 Å². The molecule has 1 nitrogen and oxygen atoms in total. The molecule has 1 heteroatoms. The highest BCUT2D eigenvalue weighted by Gasteiger charge is 2.69. The van der Waals surface area contributed by atoms with E-state index in [1.807, 2.05) is 7.11 Å². The fourth-order valence-electron chi connectivity index (χ4n) is 6.00. The van der Waals surface area contributed by atoms with Crippen molar-refractivity contribution in [3.8, 4) is 0 Å². The van der Waals surface area contributed by atoms with E-state index < -0.39 is 0 Å². The quantitative estimate of drug-likeness (QED) is 0.661. The van der Waals surface area contributed by atoms with Crippen LogP contribution in [0.25, 0.3) is 0 Å². The Bertz CT molecular complexity index is 330. The molecule has 4 unspecified atom stereocenters. The van der Waals surface area contributed by atoms with Crippen LogP contribution in [0.1, 0.15) is 59.8 Å². The summed E-state index contributed by atoms with van der Waals surface area (Å²) in [5.74, 6) is 1.74. The lowest BCUT2D eigenvalue weighted by atomic mass is 9.48. The van der Waals surface area contributed by atoms with Gasteiger partial charge in [-0.2, -0.15) is 0 Å². The van der Waals surface area contributed by atoms with Gasteiger partial charge in [0.1, 0.15) is 0 Å². The average molecular weight is 236 g/mol. The van der Waals surface area contributed by atoms with E-state index in [0.29, 0.717) is 22.3 Å². The van der Waals surface area contributed by atoms with Crippen LogP contribution in [0.4, 0.5) is 0 Å². The number of rotatable bonds is 1. The molecule has 3 rings (SSSR count). The molecule has 0 aromatic carbocycles. The topological polar surface area (TPSA) is 9.23 Å². The maximum atomic E-state index is 5.88. The molecule has 98 valence electrons. The van der Waals surface area contributed by atoms with Crippen molar-refractivity contribution in [2.24, 2.45) is 28.1 Å². The molecule has 3 aliphatic carbocycles. The minimum absolute atomic E-state index is 0.497. The summed E-state index contributed by atoms with van der Waals surface area (Å²) in [6.45, 7) is 10.1. The minimum Gasteiger partial charge on any atom is -0.381 e. The van der Waals surface area contributed by atoms with Crippen LogP contribution in [0.15, 0.2) is 0 Å². The van der Waals surface area contributed by atoms with Crippen molar-refractivity contribution in [2.75, 3.05) is 7.11 Å². The van der Waals surface area contributed by atoms with Crippen molar-refractivity contribution in [1.82, 2.24) is 0 Å². The monoisotopic (exact) mass is 236 g/mol. The zero-order chi connectivity index (χ0) is 12.5. The SMILES string of the molecule is COC1CCC(C)(C)C23CCC(C2)C(C)(C)C13. The van der Waals surface area contributed by atoms with Gasteiger partial charge in [-0.15, -0.1) is 0 Å². The molecule has 4 atom stereocenters. The number of ether oxygens (including phenoxy) is 1. The van der Waals surface area contributed by atoms with Gasteiger partial charge in [0.2, 0.25) is 0 Å². The Hall–Kier alpha value is -0.0400. The van der Waals surface area contributed by atoms with E-state index >= 15 is 0 Å². The van der Waals surface area contributed by atoms with Crippen molar-refractivity contribution in [1.29, 1.82) is 0 Å². The van der Waals surface area contributed by atoms with Crippen molar-refractivity contribution in [3.05, 3.63) is 0 Å². The predicted molar refractivity (Wildman–Crippen MR) is 70.9 cm³/mol. The Labute approximate surface area is 106 Å². The van der Waals surface area contributed by atoms with E-state index in [1.165, 1.54) is 32.1 Å². The summed E-state index contributed by atoms with van der Waals surface area (Å²) in [5.41, 5.74) is 1.60. The Morgan fingerprint density at radius 2 is 1.71 bits per heavy atom. The van der Waals surface area contributed by atoms with Crippen LogP contribution in [-0.2, 0) is 4.74 Å². The normalized spacial score (nSPS) is 50.3. The van der Waals surface area contributed by atoms with Gasteiger partial charge in [0.05, 0.1) is 6.10 Å². The van der Waals surface area contributed by atoms with Gasteiger partial charge in [-0.05, 0) is 60.2 Å². The Kier molecular flexibility index (Phi) is 2.32. The lowest BCUT2D eigenvalue weighted by Gasteiger charge is -2.58. The van der Waals surface area contributed by atoms with E-state index in [2.05, 4.69) is 27.7 Å². The summed E-state index contributed by atoms with van der Waals surface area (Å²) in [6.07, 6.45) is 7.53. The zero-order valence-corrected chi connectivity index (χ0v) is 12.2. The van der Waals surface area contributed by atoms with Crippen LogP contribution < -0.4 is 0 Å². The van der Waals surface area contributed by atoms with Gasteiger partial charge >= 0.3 is 0 Å². The summed E-state index contributed by atoms with van der Waals surface area (Å²) in [7, 11) is 1.93. The van der Waals surface area contributed by atoms with Gasteiger partial charge in [0.25, 0.3) is 0 Å².